The summed E-state index contributed by atoms with van der Waals surface area (Å²) in [6.07, 6.45) is 2.77. The van der Waals surface area contributed by atoms with Gasteiger partial charge in [-0.3, -0.25) is 4.57 Å². The molecule has 1 aromatic rings. The molecular formula is C8H14N4O. The molecule has 1 atom stereocenters. The predicted octanol–water partition coefficient (Wildman–Crippen LogP) is -0.809. The molecule has 1 saturated heterocycles. The third-order valence-corrected chi connectivity index (χ3v) is 2.50. The van der Waals surface area contributed by atoms with Gasteiger partial charge in [0.1, 0.15) is 6.33 Å². The van der Waals surface area contributed by atoms with Gasteiger partial charge in [-0.05, 0) is 25.4 Å². The van der Waals surface area contributed by atoms with Crippen molar-refractivity contribution in [1.29, 1.82) is 0 Å². The van der Waals surface area contributed by atoms with E-state index in [4.69, 9.17) is 0 Å². The van der Waals surface area contributed by atoms with Gasteiger partial charge in [-0.25, -0.2) is 9.48 Å². The van der Waals surface area contributed by atoms with Gasteiger partial charge in [0.15, 0.2) is 0 Å². The highest BCUT2D eigenvalue weighted by Crippen LogP contribution is 2.08. The number of aromatic nitrogens is 3. The fourth-order valence-electron chi connectivity index (χ4n) is 1.70. The van der Waals surface area contributed by atoms with Gasteiger partial charge in [0.2, 0.25) is 0 Å². The van der Waals surface area contributed by atoms with Gasteiger partial charge >= 0.3 is 5.69 Å². The SMILES string of the molecule is Cn1ncn(CC2CCNC2)c1=O. The van der Waals surface area contributed by atoms with Crippen LogP contribution < -0.4 is 11.0 Å². The number of nitrogens with one attached hydrogen (secondary N) is 1. The smallest absolute Gasteiger partial charge is 0.316 e. The molecule has 1 N–H and O–H groups in total. The normalized spacial score (nSPS) is 22.4. The van der Waals surface area contributed by atoms with E-state index in [1.807, 2.05) is 0 Å². The number of rotatable bonds is 2. The van der Waals surface area contributed by atoms with E-state index in [1.165, 1.54) is 4.68 Å². The van der Waals surface area contributed by atoms with Gasteiger partial charge in [0.05, 0.1) is 0 Å². The first-order valence-corrected chi connectivity index (χ1v) is 4.56. The lowest BCUT2D eigenvalue weighted by atomic mass is 10.1. The Hall–Kier alpha value is -1.10. The number of aryl methyl sites for hydroxylation is 1. The highest BCUT2D eigenvalue weighted by atomic mass is 16.2. The summed E-state index contributed by atoms with van der Waals surface area (Å²) in [6, 6.07) is 0. The molecule has 13 heavy (non-hydrogen) atoms. The van der Waals surface area contributed by atoms with Crippen molar-refractivity contribution in [3.8, 4) is 0 Å². The first-order valence-electron chi connectivity index (χ1n) is 4.56. The molecule has 0 spiro atoms. The van der Waals surface area contributed by atoms with E-state index in [1.54, 1.807) is 17.9 Å². The lowest BCUT2D eigenvalue weighted by Crippen LogP contribution is -2.26. The van der Waals surface area contributed by atoms with Crippen LogP contribution in [0.1, 0.15) is 6.42 Å². The number of hydrogen-bond donors (Lipinski definition) is 1. The number of hydrogen-bond acceptors (Lipinski definition) is 3. The number of nitrogens with zero attached hydrogens (tertiary/aromatic N) is 3. The fraction of sp³-hybridized carbons (Fsp3) is 0.750. The van der Waals surface area contributed by atoms with Crippen LogP contribution in [0.4, 0.5) is 0 Å². The van der Waals surface area contributed by atoms with Crippen molar-refractivity contribution in [1.82, 2.24) is 19.7 Å². The highest BCUT2D eigenvalue weighted by Gasteiger charge is 2.15. The lowest BCUT2D eigenvalue weighted by Gasteiger charge is -2.06. The van der Waals surface area contributed by atoms with Gasteiger partial charge in [-0.2, -0.15) is 5.10 Å². The molecule has 1 aromatic heterocycles. The van der Waals surface area contributed by atoms with E-state index in [0.717, 1.165) is 26.1 Å². The van der Waals surface area contributed by atoms with Crippen molar-refractivity contribution in [2.24, 2.45) is 13.0 Å². The maximum absolute atomic E-state index is 11.4. The van der Waals surface area contributed by atoms with E-state index in [2.05, 4.69) is 10.4 Å². The maximum atomic E-state index is 11.4. The summed E-state index contributed by atoms with van der Waals surface area (Å²) in [7, 11) is 1.67. The van der Waals surface area contributed by atoms with E-state index in [-0.39, 0.29) is 5.69 Å². The van der Waals surface area contributed by atoms with Crippen LogP contribution in [0.15, 0.2) is 11.1 Å². The van der Waals surface area contributed by atoms with Crippen molar-refractivity contribution in [3.63, 3.8) is 0 Å². The lowest BCUT2D eigenvalue weighted by molar-refractivity contribution is 0.469. The second kappa shape index (κ2) is 3.33. The fourth-order valence-corrected chi connectivity index (χ4v) is 1.70. The van der Waals surface area contributed by atoms with Crippen molar-refractivity contribution in [3.05, 3.63) is 16.8 Å². The largest absolute Gasteiger partial charge is 0.345 e. The standard InChI is InChI=1S/C8H14N4O/c1-11-8(13)12(6-10-11)5-7-2-3-9-4-7/h6-7,9H,2-5H2,1H3. The predicted molar refractivity (Wildman–Crippen MR) is 48.4 cm³/mol. The molecule has 5 heteroatoms. The summed E-state index contributed by atoms with van der Waals surface area (Å²) >= 11 is 0. The Morgan fingerprint density at radius 2 is 2.62 bits per heavy atom. The quantitative estimate of drug-likeness (QED) is 0.651. The third kappa shape index (κ3) is 1.65. The molecule has 0 saturated carbocycles. The van der Waals surface area contributed by atoms with E-state index >= 15 is 0 Å². The molecule has 2 heterocycles. The first kappa shape index (κ1) is 8.50. The molecule has 2 rings (SSSR count). The second-order valence-electron chi connectivity index (χ2n) is 3.55. The van der Waals surface area contributed by atoms with Gasteiger partial charge in [-0.15, -0.1) is 0 Å². The van der Waals surface area contributed by atoms with Crippen molar-refractivity contribution in [2.45, 2.75) is 13.0 Å². The summed E-state index contributed by atoms with van der Waals surface area (Å²) in [5.74, 6) is 0.585. The minimum absolute atomic E-state index is 0.0214. The molecular weight excluding hydrogens is 168 g/mol. The minimum Gasteiger partial charge on any atom is -0.316 e. The van der Waals surface area contributed by atoms with Gasteiger partial charge < -0.3 is 5.32 Å². The molecule has 72 valence electrons. The topological polar surface area (TPSA) is 51.9 Å². The van der Waals surface area contributed by atoms with Crippen LogP contribution in [0.2, 0.25) is 0 Å². The van der Waals surface area contributed by atoms with E-state index < -0.39 is 0 Å². The second-order valence-corrected chi connectivity index (χ2v) is 3.55. The molecule has 0 radical (unpaired) electrons. The van der Waals surface area contributed by atoms with Crippen LogP contribution in [-0.2, 0) is 13.6 Å². The van der Waals surface area contributed by atoms with Crippen LogP contribution in [0, 0.1) is 5.92 Å². The third-order valence-electron chi connectivity index (χ3n) is 2.50. The minimum atomic E-state index is -0.0214. The van der Waals surface area contributed by atoms with Crippen LogP contribution in [0.5, 0.6) is 0 Å². The average Bonchev–Trinajstić information content (AvgIpc) is 2.71. The molecule has 1 aliphatic rings. The van der Waals surface area contributed by atoms with Gasteiger partial charge in [0.25, 0.3) is 0 Å². The van der Waals surface area contributed by atoms with Crippen molar-refractivity contribution >= 4 is 0 Å². The van der Waals surface area contributed by atoms with Crippen LogP contribution in [0.3, 0.4) is 0 Å². The maximum Gasteiger partial charge on any atom is 0.345 e. The Morgan fingerprint density at radius 1 is 1.77 bits per heavy atom. The summed E-state index contributed by atoms with van der Waals surface area (Å²) in [4.78, 5) is 11.4. The first-order chi connectivity index (χ1) is 6.27. The zero-order valence-corrected chi connectivity index (χ0v) is 7.73. The van der Waals surface area contributed by atoms with Gasteiger partial charge in [0, 0.05) is 13.6 Å². The molecule has 0 amide bonds. The van der Waals surface area contributed by atoms with Crippen molar-refractivity contribution in [2.75, 3.05) is 13.1 Å². The molecule has 1 unspecified atom stereocenters. The Bertz CT molecular complexity index is 334. The van der Waals surface area contributed by atoms with E-state index in [9.17, 15) is 4.79 Å². The Kier molecular flexibility index (Phi) is 2.18. The highest BCUT2D eigenvalue weighted by molar-refractivity contribution is 4.75. The summed E-state index contributed by atoms with van der Waals surface area (Å²) in [5.41, 5.74) is -0.0214. The molecule has 1 fully saturated rings. The monoisotopic (exact) mass is 182 g/mol. The van der Waals surface area contributed by atoms with Crippen LogP contribution >= 0.6 is 0 Å². The molecule has 0 bridgehead atoms. The zero-order valence-electron chi connectivity index (χ0n) is 7.73. The molecule has 5 nitrogen and oxygen atoms in total. The Balaban J connectivity index is 2.09. The molecule has 1 aliphatic heterocycles. The molecule has 0 aliphatic carbocycles. The molecule has 0 aromatic carbocycles. The van der Waals surface area contributed by atoms with Crippen molar-refractivity contribution < 1.29 is 0 Å². The summed E-state index contributed by atoms with van der Waals surface area (Å²) in [6.45, 7) is 2.88. The van der Waals surface area contributed by atoms with Gasteiger partial charge in [-0.1, -0.05) is 0 Å². The van der Waals surface area contributed by atoms with E-state index in [0.29, 0.717) is 5.92 Å². The van der Waals surface area contributed by atoms with Crippen LogP contribution in [-0.4, -0.2) is 27.4 Å². The Labute approximate surface area is 76.4 Å². The summed E-state index contributed by atoms with van der Waals surface area (Å²) < 4.78 is 3.04. The van der Waals surface area contributed by atoms with Crippen LogP contribution in [0.25, 0.3) is 0 Å². The summed E-state index contributed by atoms with van der Waals surface area (Å²) in [5, 5.41) is 7.18. The Morgan fingerprint density at radius 3 is 3.15 bits per heavy atom. The zero-order chi connectivity index (χ0) is 9.26. The average molecular weight is 182 g/mol.